The first-order chi connectivity index (χ1) is 9.16. The third-order valence-electron chi connectivity index (χ3n) is 3.60. The monoisotopic (exact) mass is 262 g/mol. The van der Waals surface area contributed by atoms with Gasteiger partial charge in [0.15, 0.2) is 0 Å². The predicted octanol–water partition coefficient (Wildman–Crippen LogP) is 1.57. The molecular weight excluding hydrogens is 240 g/mol. The minimum absolute atomic E-state index is 0.334. The normalized spacial score (nSPS) is 21.9. The summed E-state index contributed by atoms with van der Waals surface area (Å²) in [5.74, 6) is 0.102. The lowest BCUT2D eigenvalue weighted by atomic mass is 9.99. The van der Waals surface area contributed by atoms with Crippen molar-refractivity contribution in [1.82, 2.24) is 4.90 Å². The van der Waals surface area contributed by atoms with E-state index in [-0.39, 0.29) is 5.97 Å². The van der Waals surface area contributed by atoms with E-state index in [1.807, 2.05) is 30.3 Å². The lowest BCUT2D eigenvalue weighted by molar-refractivity contribution is -0.147. The van der Waals surface area contributed by atoms with Crippen LogP contribution in [0.15, 0.2) is 30.3 Å². The summed E-state index contributed by atoms with van der Waals surface area (Å²) in [4.78, 5) is 14.2. The van der Waals surface area contributed by atoms with Crippen LogP contribution >= 0.6 is 0 Å². The Morgan fingerprint density at radius 2 is 2.21 bits per heavy atom. The zero-order valence-corrected chi connectivity index (χ0v) is 11.4. The van der Waals surface area contributed by atoms with E-state index in [9.17, 15) is 4.79 Å². The number of esters is 1. The van der Waals surface area contributed by atoms with Gasteiger partial charge in [0.05, 0.1) is 6.61 Å². The third kappa shape index (κ3) is 4.04. The Bertz CT molecular complexity index is 408. The summed E-state index contributed by atoms with van der Waals surface area (Å²) in [5.41, 5.74) is 6.70. The van der Waals surface area contributed by atoms with Gasteiger partial charge in [-0.2, -0.15) is 0 Å². The lowest BCUT2D eigenvalue weighted by Crippen LogP contribution is -2.35. The van der Waals surface area contributed by atoms with Crippen molar-refractivity contribution in [3.05, 3.63) is 35.9 Å². The smallest absolute Gasteiger partial charge is 0.327 e. The molecule has 0 bridgehead atoms. The molecule has 1 aromatic carbocycles. The molecule has 4 nitrogen and oxygen atoms in total. The van der Waals surface area contributed by atoms with Gasteiger partial charge in [0.1, 0.15) is 6.04 Å². The van der Waals surface area contributed by atoms with Crippen molar-refractivity contribution >= 4 is 5.97 Å². The molecule has 4 heteroatoms. The number of benzene rings is 1. The van der Waals surface area contributed by atoms with Crippen LogP contribution in [0.4, 0.5) is 0 Å². The number of carbonyl (C=O) groups is 1. The number of likely N-dealkylation sites (tertiary alicyclic amines) is 1. The van der Waals surface area contributed by atoms with Gasteiger partial charge in [-0.15, -0.1) is 0 Å². The van der Waals surface area contributed by atoms with Gasteiger partial charge in [0.2, 0.25) is 0 Å². The van der Waals surface area contributed by atoms with Crippen LogP contribution in [0, 0.1) is 5.92 Å². The van der Waals surface area contributed by atoms with Crippen LogP contribution in [-0.4, -0.2) is 37.6 Å². The number of nitrogens with two attached hydrogens (primary N) is 1. The molecule has 1 aliphatic rings. The Labute approximate surface area is 114 Å². The molecule has 19 heavy (non-hydrogen) atoms. The maximum absolute atomic E-state index is 11.9. The molecule has 1 saturated heterocycles. The fraction of sp³-hybridized carbons (Fsp3) is 0.533. The molecule has 0 radical (unpaired) electrons. The number of rotatable bonds is 4. The first-order valence-corrected chi connectivity index (χ1v) is 6.82. The van der Waals surface area contributed by atoms with E-state index in [1.54, 1.807) is 0 Å². The molecule has 0 aliphatic carbocycles. The minimum atomic E-state index is -0.678. The highest BCUT2D eigenvalue weighted by atomic mass is 16.5. The Balaban J connectivity index is 1.81. The quantitative estimate of drug-likeness (QED) is 0.837. The van der Waals surface area contributed by atoms with E-state index in [0.717, 1.165) is 25.1 Å². The molecule has 2 rings (SSSR count). The van der Waals surface area contributed by atoms with Gasteiger partial charge in [-0.1, -0.05) is 30.3 Å². The van der Waals surface area contributed by atoms with E-state index in [1.165, 1.54) is 6.42 Å². The molecule has 0 aromatic heterocycles. The fourth-order valence-corrected chi connectivity index (χ4v) is 2.50. The van der Waals surface area contributed by atoms with Crippen LogP contribution in [0.2, 0.25) is 0 Å². The number of hydrogen-bond donors (Lipinski definition) is 1. The van der Waals surface area contributed by atoms with Crippen molar-refractivity contribution in [2.24, 2.45) is 11.7 Å². The summed E-state index contributed by atoms with van der Waals surface area (Å²) in [6.07, 6.45) is 2.29. The largest absolute Gasteiger partial charge is 0.464 e. The number of nitrogens with zero attached hydrogens (tertiary/aromatic N) is 1. The Hall–Kier alpha value is -1.39. The summed E-state index contributed by atoms with van der Waals surface area (Å²) >= 11 is 0. The highest BCUT2D eigenvalue weighted by Crippen LogP contribution is 2.17. The maximum Gasteiger partial charge on any atom is 0.327 e. The molecule has 1 heterocycles. The third-order valence-corrected chi connectivity index (χ3v) is 3.60. The molecular formula is C15H22N2O2. The summed E-state index contributed by atoms with van der Waals surface area (Å²) in [6.45, 7) is 2.60. The number of carbonyl (C=O) groups excluding carboxylic acids is 1. The molecule has 0 saturated carbocycles. The fourth-order valence-electron chi connectivity index (χ4n) is 2.50. The number of piperidine rings is 1. The first kappa shape index (κ1) is 14.0. The summed E-state index contributed by atoms with van der Waals surface area (Å²) in [7, 11) is 2.10. The minimum Gasteiger partial charge on any atom is -0.464 e. The molecule has 104 valence electrons. The molecule has 0 spiro atoms. The van der Waals surface area contributed by atoms with Crippen LogP contribution < -0.4 is 5.73 Å². The van der Waals surface area contributed by atoms with Gasteiger partial charge in [-0.05, 0) is 32.0 Å². The van der Waals surface area contributed by atoms with Crippen molar-refractivity contribution in [1.29, 1.82) is 0 Å². The second-order valence-corrected chi connectivity index (χ2v) is 5.29. The lowest BCUT2D eigenvalue weighted by Gasteiger charge is -2.29. The van der Waals surface area contributed by atoms with E-state index < -0.39 is 6.04 Å². The average molecular weight is 262 g/mol. The van der Waals surface area contributed by atoms with Crippen molar-refractivity contribution in [2.45, 2.75) is 18.9 Å². The van der Waals surface area contributed by atoms with Gasteiger partial charge in [-0.25, -0.2) is 4.79 Å². The Morgan fingerprint density at radius 1 is 1.47 bits per heavy atom. The van der Waals surface area contributed by atoms with Gasteiger partial charge in [0.25, 0.3) is 0 Å². The van der Waals surface area contributed by atoms with Crippen LogP contribution in [-0.2, 0) is 9.53 Å². The zero-order valence-electron chi connectivity index (χ0n) is 11.4. The van der Waals surface area contributed by atoms with Gasteiger partial charge < -0.3 is 15.4 Å². The van der Waals surface area contributed by atoms with E-state index in [2.05, 4.69) is 11.9 Å². The number of hydrogen-bond acceptors (Lipinski definition) is 4. The van der Waals surface area contributed by atoms with Crippen molar-refractivity contribution < 1.29 is 9.53 Å². The average Bonchev–Trinajstić information content (AvgIpc) is 2.45. The van der Waals surface area contributed by atoms with Crippen molar-refractivity contribution in [3.8, 4) is 0 Å². The standard InChI is InChI=1S/C15H22N2O2/c1-17-9-5-6-12(10-17)11-19-15(18)14(16)13-7-3-2-4-8-13/h2-4,7-8,12,14H,5-6,9-11,16H2,1H3. The molecule has 2 N–H and O–H groups in total. The maximum atomic E-state index is 11.9. The van der Waals surface area contributed by atoms with E-state index in [0.29, 0.717) is 12.5 Å². The molecule has 1 aromatic rings. The highest BCUT2D eigenvalue weighted by molar-refractivity contribution is 5.77. The van der Waals surface area contributed by atoms with Crippen LogP contribution in [0.5, 0.6) is 0 Å². The van der Waals surface area contributed by atoms with Gasteiger partial charge in [-0.3, -0.25) is 0 Å². The Morgan fingerprint density at radius 3 is 2.89 bits per heavy atom. The summed E-state index contributed by atoms with van der Waals surface area (Å²) < 4.78 is 5.36. The Kier molecular flexibility index (Phi) is 4.93. The summed E-state index contributed by atoms with van der Waals surface area (Å²) in [6, 6.07) is 8.67. The molecule has 0 amide bonds. The topological polar surface area (TPSA) is 55.6 Å². The summed E-state index contributed by atoms with van der Waals surface area (Å²) in [5, 5.41) is 0. The molecule has 1 fully saturated rings. The predicted molar refractivity (Wildman–Crippen MR) is 74.6 cm³/mol. The second-order valence-electron chi connectivity index (χ2n) is 5.29. The molecule has 2 atom stereocenters. The van der Waals surface area contributed by atoms with Crippen molar-refractivity contribution in [2.75, 3.05) is 26.7 Å². The SMILES string of the molecule is CN1CCCC(COC(=O)C(N)c2ccccc2)C1. The number of ether oxygens (including phenoxy) is 1. The van der Waals surface area contributed by atoms with Gasteiger partial charge in [0, 0.05) is 12.5 Å². The van der Waals surface area contributed by atoms with Crippen LogP contribution in [0.3, 0.4) is 0 Å². The van der Waals surface area contributed by atoms with E-state index in [4.69, 9.17) is 10.5 Å². The highest BCUT2D eigenvalue weighted by Gasteiger charge is 2.21. The van der Waals surface area contributed by atoms with Crippen LogP contribution in [0.1, 0.15) is 24.4 Å². The second kappa shape index (κ2) is 6.68. The van der Waals surface area contributed by atoms with Gasteiger partial charge >= 0.3 is 5.97 Å². The zero-order chi connectivity index (χ0) is 13.7. The first-order valence-electron chi connectivity index (χ1n) is 6.82. The molecule has 1 aliphatic heterocycles. The van der Waals surface area contributed by atoms with Crippen LogP contribution in [0.25, 0.3) is 0 Å². The molecule has 2 unspecified atom stereocenters. The van der Waals surface area contributed by atoms with E-state index >= 15 is 0 Å². The van der Waals surface area contributed by atoms with Crippen molar-refractivity contribution in [3.63, 3.8) is 0 Å².